The zero-order valence-corrected chi connectivity index (χ0v) is 17.0. The van der Waals surface area contributed by atoms with Crippen LogP contribution in [-0.2, 0) is 4.79 Å². The van der Waals surface area contributed by atoms with Gasteiger partial charge in [-0.25, -0.2) is 0 Å². The van der Waals surface area contributed by atoms with Gasteiger partial charge >= 0.3 is 0 Å². The molecule has 0 aromatic heterocycles. The fourth-order valence-electron chi connectivity index (χ4n) is 2.32. The molecule has 144 valence electrons. The van der Waals surface area contributed by atoms with E-state index in [0.717, 1.165) is 5.56 Å². The van der Waals surface area contributed by atoms with Gasteiger partial charge in [-0.3, -0.25) is 9.59 Å². The van der Waals surface area contributed by atoms with Gasteiger partial charge in [-0.15, -0.1) is 0 Å². The van der Waals surface area contributed by atoms with Crippen LogP contribution < -0.4 is 16.0 Å². The monoisotopic (exact) mass is 407 g/mol. The Labute approximate surface area is 169 Å². The third-order valence-electron chi connectivity index (χ3n) is 3.88. The summed E-state index contributed by atoms with van der Waals surface area (Å²) in [5.41, 5.74) is 2.54. The van der Waals surface area contributed by atoms with E-state index in [-0.39, 0.29) is 18.4 Å². The van der Waals surface area contributed by atoms with Crippen molar-refractivity contribution in [2.24, 2.45) is 5.92 Å². The van der Waals surface area contributed by atoms with E-state index in [0.29, 0.717) is 39.4 Å². The predicted octanol–water partition coefficient (Wildman–Crippen LogP) is 4.74. The third-order valence-corrected chi connectivity index (χ3v) is 4.60. The van der Waals surface area contributed by atoms with Crippen LogP contribution in [0.1, 0.15) is 29.8 Å². The molecular formula is C20H23Cl2N3O2. The van der Waals surface area contributed by atoms with Crippen molar-refractivity contribution in [3.63, 3.8) is 0 Å². The second-order valence-electron chi connectivity index (χ2n) is 6.61. The molecule has 0 bridgehead atoms. The molecule has 7 heteroatoms. The quantitative estimate of drug-likeness (QED) is 0.620. The van der Waals surface area contributed by atoms with Gasteiger partial charge in [0, 0.05) is 22.9 Å². The van der Waals surface area contributed by atoms with Crippen LogP contribution in [0.3, 0.4) is 0 Å². The minimum absolute atomic E-state index is 0.0567. The van der Waals surface area contributed by atoms with Crippen LogP contribution in [0.4, 0.5) is 11.4 Å². The lowest BCUT2D eigenvalue weighted by Crippen LogP contribution is -2.27. The Morgan fingerprint density at radius 3 is 2.48 bits per heavy atom. The third kappa shape index (κ3) is 6.15. The second kappa shape index (κ2) is 9.62. The molecule has 2 aromatic carbocycles. The van der Waals surface area contributed by atoms with E-state index in [2.05, 4.69) is 16.0 Å². The van der Waals surface area contributed by atoms with Crippen molar-refractivity contribution in [1.29, 1.82) is 0 Å². The minimum Gasteiger partial charge on any atom is -0.376 e. The lowest BCUT2D eigenvalue weighted by Gasteiger charge is -2.12. The highest BCUT2D eigenvalue weighted by atomic mass is 35.5. The van der Waals surface area contributed by atoms with Crippen molar-refractivity contribution in [3.8, 4) is 0 Å². The van der Waals surface area contributed by atoms with E-state index in [1.807, 2.05) is 20.8 Å². The molecule has 0 saturated carbocycles. The average molecular weight is 408 g/mol. The average Bonchev–Trinajstić information content (AvgIpc) is 2.62. The smallest absolute Gasteiger partial charge is 0.252 e. The second-order valence-corrected chi connectivity index (χ2v) is 7.43. The van der Waals surface area contributed by atoms with Crippen LogP contribution in [-0.4, -0.2) is 24.9 Å². The summed E-state index contributed by atoms with van der Waals surface area (Å²) < 4.78 is 0. The van der Waals surface area contributed by atoms with Crippen LogP contribution in [0.5, 0.6) is 0 Å². The van der Waals surface area contributed by atoms with Gasteiger partial charge in [0.15, 0.2) is 0 Å². The molecule has 2 amide bonds. The molecule has 0 heterocycles. The van der Waals surface area contributed by atoms with E-state index in [1.54, 1.807) is 36.4 Å². The number of hydrogen-bond donors (Lipinski definition) is 3. The molecule has 0 aliphatic heterocycles. The van der Waals surface area contributed by atoms with Crippen LogP contribution in [0.15, 0.2) is 36.4 Å². The minimum atomic E-state index is -0.213. The van der Waals surface area contributed by atoms with Gasteiger partial charge in [0.25, 0.3) is 5.91 Å². The first-order valence-corrected chi connectivity index (χ1v) is 9.40. The van der Waals surface area contributed by atoms with Gasteiger partial charge in [-0.1, -0.05) is 43.1 Å². The first-order chi connectivity index (χ1) is 12.8. The number of carbonyl (C=O) groups is 2. The van der Waals surface area contributed by atoms with E-state index in [1.165, 1.54) is 0 Å². The number of carbonyl (C=O) groups excluding carboxylic acids is 2. The topological polar surface area (TPSA) is 70.2 Å². The van der Waals surface area contributed by atoms with Crippen LogP contribution in [0.2, 0.25) is 10.0 Å². The standard InChI is InChI=1S/C20H23Cl2N3O2/c1-12(2)10-24-20(27)15-8-7-14(9-17(15)22)23-11-19(26)25-18-6-4-5-16(21)13(18)3/h4-9,12,23H,10-11H2,1-3H3,(H,24,27)(H,25,26). The predicted molar refractivity (Wildman–Crippen MR) is 112 cm³/mol. The molecule has 2 rings (SSSR count). The van der Waals surface area contributed by atoms with Crippen molar-refractivity contribution < 1.29 is 9.59 Å². The van der Waals surface area contributed by atoms with Gasteiger partial charge in [-0.2, -0.15) is 0 Å². The van der Waals surface area contributed by atoms with E-state index in [4.69, 9.17) is 23.2 Å². The summed E-state index contributed by atoms with van der Waals surface area (Å²) in [5, 5.41) is 9.55. The Kier molecular flexibility index (Phi) is 7.51. The molecule has 0 atom stereocenters. The normalized spacial score (nSPS) is 10.6. The Morgan fingerprint density at radius 2 is 1.81 bits per heavy atom. The van der Waals surface area contributed by atoms with Gasteiger partial charge in [0.1, 0.15) is 0 Å². The van der Waals surface area contributed by atoms with Gasteiger partial charge in [0.2, 0.25) is 5.91 Å². The molecule has 3 N–H and O–H groups in total. The summed E-state index contributed by atoms with van der Waals surface area (Å²) in [6.07, 6.45) is 0. The van der Waals surface area contributed by atoms with Crippen LogP contribution in [0.25, 0.3) is 0 Å². The lowest BCUT2D eigenvalue weighted by molar-refractivity contribution is -0.114. The van der Waals surface area contributed by atoms with E-state index >= 15 is 0 Å². The highest BCUT2D eigenvalue weighted by Crippen LogP contribution is 2.23. The zero-order valence-electron chi connectivity index (χ0n) is 15.5. The lowest BCUT2D eigenvalue weighted by atomic mass is 10.1. The van der Waals surface area contributed by atoms with Crippen LogP contribution in [0, 0.1) is 12.8 Å². The number of benzene rings is 2. The van der Waals surface area contributed by atoms with Gasteiger partial charge < -0.3 is 16.0 Å². The molecule has 0 unspecified atom stereocenters. The molecule has 0 fully saturated rings. The molecule has 0 radical (unpaired) electrons. The zero-order chi connectivity index (χ0) is 20.0. The number of anilines is 2. The van der Waals surface area contributed by atoms with E-state index < -0.39 is 0 Å². The Hall–Kier alpha value is -2.24. The van der Waals surface area contributed by atoms with Gasteiger partial charge in [0.05, 0.1) is 17.1 Å². The summed E-state index contributed by atoms with van der Waals surface area (Å²) in [6.45, 7) is 6.52. The fraction of sp³-hybridized carbons (Fsp3) is 0.300. The highest BCUT2D eigenvalue weighted by molar-refractivity contribution is 6.34. The Morgan fingerprint density at radius 1 is 1.07 bits per heavy atom. The Bertz CT molecular complexity index is 838. The molecule has 2 aromatic rings. The summed E-state index contributed by atoms with van der Waals surface area (Å²) >= 11 is 12.3. The molecule has 0 aliphatic carbocycles. The summed E-state index contributed by atoms with van der Waals surface area (Å²) in [4.78, 5) is 24.3. The molecule has 0 saturated heterocycles. The molecular weight excluding hydrogens is 385 g/mol. The fourth-order valence-corrected chi connectivity index (χ4v) is 2.76. The first-order valence-electron chi connectivity index (χ1n) is 8.64. The number of nitrogens with one attached hydrogen (secondary N) is 3. The highest BCUT2D eigenvalue weighted by Gasteiger charge is 2.12. The van der Waals surface area contributed by atoms with Gasteiger partial charge in [-0.05, 0) is 48.7 Å². The maximum absolute atomic E-state index is 12.1. The summed E-state index contributed by atoms with van der Waals surface area (Å²) in [6, 6.07) is 10.3. The number of halogens is 2. The van der Waals surface area contributed by atoms with Crippen molar-refractivity contribution in [2.45, 2.75) is 20.8 Å². The van der Waals surface area contributed by atoms with Crippen molar-refractivity contribution >= 4 is 46.4 Å². The Balaban J connectivity index is 1.94. The van der Waals surface area contributed by atoms with E-state index in [9.17, 15) is 9.59 Å². The van der Waals surface area contributed by atoms with Crippen LogP contribution >= 0.6 is 23.2 Å². The summed E-state index contributed by atoms with van der Waals surface area (Å²) in [7, 11) is 0. The maximum atomic E-state index is 12.1. The SMILES string of the molecule is Cc1c(Cl)cccc1NC(=O)CNc1ccc(C(=O)NCC(C)C)c(Cl)c1. The number of hydrogen-bond acceptors (Lipinski definition) is 3. The largest absolute Gasteiger partial charge is 0.376 e. The van der Waals surface area contributed by atoms with Crippen molar-refractivity contribution in [1.82, 2.24) is 5.32 Å². The molecule has 27 heavy (non-hydrogen) atoms. The van der Waals surface area contributed by atoms with Crippen molar-refractivity contribution in [3.05, 3.63) is 57.6 Å². The maximum Gasteiger partial charge on any atom is 0.252 e. The molecule has 5 nitrogen and oxygen atoms in total. The molecule has 0 aliphatic rings. The van der Waals surface area contributed by atoms with Crippen molar-refractivity contribution in [2.75, 3.05) is 23.7 Å². The number of amides is 2. The summed E-state index contributed by atoms with van der Waals surface area (Å²) in [5.74, 6) is -0.0695. The number of rotatable bonds is 7. The molecule has 0 spiro atoms. The first kappa shape index (κ1) is 21.1.